The van der Waals surface area contributed by atoms with Crippen molar-refractivity contribution in [2.75, 3.05) is 4.90 Å². The van der Waals surface area contributed by atoms with Crippen LogP contribution >= 0.6 is 0 Å². The molecule has 140 valence electrons. The van der Waals surface area contributed by atoms with E-state index >= 15 is 0 Å². The number of aromatic nitrogens is 7. The number of aryl methyl sites for hydroxylation is 2. The molecule has 1 aliphatic heterocycles. The molecule has 1 unspecified atom stereocenters. The van der Waals surface area contributed by atoms with Gasteiger partial charge in [-0.25, -0.2) is 9.97 Å². The van der Waals surface area contributed by atoms with Gasteiger partial charge in [-0.3, -0.25) is 0 Å². The molecule has 0 radical (unpaired) electrons. The van der Waals surface area contributed by atoms with Crippen molar-refractivity contribution in [3.63, 3.8) is 0 Å². The van der Waals surface area contributed by atoms with E-state index in [0.717, 1.165) is 35.7 Å². The summed E-state index contributed by atoms with van der Waals surface area (Å²) < 4.78 is 1.73. The van der Waals surface area contributed by atoms with Crippen molar-refractivity contribution in [2.24, 2.45) is 0 Å². The third-order valence-electron chi connectivity index (χ3n) is 5.16. The smallest absolute Gasteiger partial charge is 0.272 e. The standard InChI is InChI=1S/C20H20N8/c1-4-17-23-20-25-24-18(13(3)28(20)26-17)15-9-10-21-19(22-15)27-12(2)11-14-7-5-6-8-16(14)27/h5-10,12H,4,11H2,1-3H3. The van der Waals surface area contributed by atoms with Crippen LogP contribution in [0.5, 0.6) is 0 Å². The summed E-state index contributed by atoms with van der Waals surface area (Å²) in [6.45, 7) is 6.17. The molecule has 0 N–H and O–H groups in total. The van der Waals surface area contributed by atoms with Crippen molar-refractivity contribution in [1.29, 1.82) is 0 Å². The number of anilines is 2. The lowest BCUT2D eigenvalue weighted by Gasteiger charge is -2.22. The van der Waals surface area contributed by atoms with Crippen LogP contribution in [0.3, 0.4) is 0 Å². The quantitative estimate of drug-likeness (QED) is 0.546. The molecule has 8 heteroatoms. The Hall–Kier alpha value is -3.42. The molecule has 1 atom stereocenters. The van der Waals surface area contributed by atoms with E-state index in [2.05, 4.69) is 55.3 Å². The predicted octanol–water partition coefficient (Wildman–Crippen LogP) is 2.93. The third kappa shape index (κ3) is 2.52. The maximum absolute atomic E-state index is 4.82. The Bertz CT molecular complexity index is 1180. The average Bonchev–Trinajstić information content (AvgIpc) is 3.28. The average molecular weight is 372 g/mol. The first-order valence-corrected chi connectivity index (χ1v) is 9.45. The Morgan fingerprint density at radius 2 is 1.96 bits per heavy atom. The molecule has 0 saturated heterocycles. The van der Waals surface area contributed by atoms with E-state index in [9.17, 15) is 0 Å². The van der Waals surface area contributed by atoms with Crippen LogP contribution in [0.15, 0.2) is 36.5 Å². The molecule has 0 aliphatic carbocycles. The minimum Gasteiger partial charge on any atom is -0.307 e. The van der Waals surface area contributed by atoms with Crippen molar-refractivity contribution in [3.05, 3.63) is 53.6 Å². The molecule has 0 spiro atoms. The lowest BCUT2D eigenvalue weighted by Crippen LogP contribution is -2.26. The molecule has 8 nitrogen and oxygen atoms in total. The van der Waals surface area contributed by atoms with Crippen LogP contribution in [-0.4, -0.2) is 40.8 Å². The Morgan fingerprint density at radius 1 is 1.11 bits per heavy atom. The van der Waals surface area contributed by atoms with E-state index in [1.807, 2.05) is 26.0 Å². The van der Waals surface area contributed by atoms with Gasteiger partial charge >= 0.3 is 0 Å². The molecule has 0 bridgehead atoms. The van der Waals surface area contributed by atoms with Gasteiger partial charge in [0.05, 0.1) is 11.4 Å². The fourth-order valence-corrected chi connectivity index (χ4v) is 3.76. The molecule has 28 heavy (non-hydrogen) atoms. The number of para-hydroxylation sites is 1. The molecule has 4 heterocycles. The fourth-order valence-electron chi connectivity index (χ4n) is 3.76. The molecule has 1 aliphatic rings. The van der Waals surface area contributed by atoms with Gasteiger partial charge in [0.15, 0.2) is 5.82 Å². The van der Waals surface area contributed by atoms with Gasteiger partial charge in [0.25, 0.3) is 5.78 Å². The summed E-state index contributed by atoms with van der Waals surface area (Å²) in [6.07, 6.45) is 3.50. The summed E-state index contributed by atoms with van der Waals surface area (Å²) in [7, 11) is 0. The van der Waals surface area contributed by atoms with Crippen LogP contribution in [0.2, 0.25) is 0 Å². The zero-order chi connectivity index (χ0) is 19.3. The highest BCUT2D eigenvalue weighted by molar-refractivity contribution is 5.68. The first-order chi connectivity index (χ1) is 13.7. The SMILES string of the molecule is CCc1nc2nnc(-c3ccnc(N4c5ccccc5CC4C)n3)c(C)n2n1. The van der Waals surface area contributed by atoms with Crippen LogP contribution in [-0.2, 0) is 12.8 Å². The minimum absolute atomic E-state index is 0.296. The van der Waals surface area contributed by atoms with Crippen LogP contribution in [0.1, 0.15) is 30.9 Å². The number of rotatable bonds is 3. The van der Waals surface area contributed by atoms with E-state index < -0.39 is 0 Å². The van der Waals surface area contributed by atoms with Gasteiger partial charge in [-0.05, 0) is 38.0 Å². The highest BCUT2D eigenvalue weighted by Gasteiger charge is 2.29. The summed E-state index contributed by atoms with van der Waals surface area (Å²) in [5.41, 5.74) is 4.74. The highest BCUT2D eigenvalue weighted by Crippen LogP contribution is 2.36. The van der Waals surface area contributed by atoms with Crippen LogP contribution < -0.4 is 4.90 Å². The number of hydrogen-bond acceptors (Lipinski definition) is 7. The van der Waals surface area contributed by atoms with E-state index in [1.54, 1.807) is 10.7 Å². The van der Waals surface area contributed by atoms with Crippen molar-refractivity contribution < 1.29 is 0 Å². The van der Waals surface area contributed by atoms with Gasteiger partial charge in [-0.1, -0.05) is 25.1 Å². The summed E-state index contributed by atoms with van der Waals surface area (Å²) >= 11 is 0. The third-order valence-corrected chi connectivity index (χ3v) is 5.16. The van der Waals surface area contributed by atoms with Gasteiger partial charge in [0, 0.05) is 24.3 Å². The fraction of sp³-hybridized carbons (Fsp3) is 0.300. The Morgan fingerprint density at radius 3 is 2.82 bits per heavy atom. The van der Waals surface area contributed by atoms with E-state index in [-0.39, 0.29) is 0 Å². The number of nitrogens with zero attached hydrogens (tertiary/aromatic N) is 8. The predicted molar refractivity (Wildman–Crippen MR) is 105 cm³/mol. The first-order valence-electron chi connectivity index (χ1n) is 9.45. The van der Waals surface area contributed by atoms with Crippen LogP contribution in [0.4, 0.5) is 11.6 Å². The maximum Gasteiger partial charge on any atom is 0.272 e. The Balaban J connectivity index is 1.60. The first kappa shape index (κ1) is 16.7. The summed E-state index contributed by atoms with van der Waals surface area (Å²) in [5.74, 6) is 1.93. The van der Waals surface area contributed by atoms with E-state index in [1.165, 1.54) is 5.56 Å². The van der Waals surface area contributed by atoms with Crippen LogP contribution in [0.25, 0.3) is 17.2 Å². The second-order valence-electron chi connectivity index (χ2n) is 7.02. The number of fused-ring (bicyclic) bond motifs is 2. The maximum atomic E-state index is 4.82. The molecule has 4 aromatic rings. The second-order valence-corrected chi connectivity index (χ2v) is 7.02. The topological polar surface area (TPSA) is 85.0 Å². The summed E-state index contributed by atoms with van der Waals surface area (Å²) in [4.78, 5) is 15.9. The van der Waals surface area contributed by atoms with Crippen molar-refractivity contribution in [3.8, 4) is 11.4 Å². The largest absolute Gasteiger partial charge is 0.307 e. The Labute approximate surface area is 162 Å². The van der Waals surface area contributed by atoms with E-state index in [0.29, 0.717) is 23.5 Å². The molecule has 0 amide bonds. The lowest BCUT2D eigenvalue weighted by atomic mass is 10.1. The molecule has 1 aromatic carbocycles. The molecular weight excluding hydrogens is 352 g/mol. The zero-order valence-corrected chi connectivity index (χ0v) is 16.0. The van der Waals surface area contributed by atoms with Gasteiger partial charge < -0.3 is 4.90 Å². The molecule has 5 rings (SSSR count). The summed E-state index contributed by atoms with van der Waals surface area (Å²) in [6, 6.07) is 10.6. The molecule has 0 saturated carbocycles. The monoisotopic (exact) mass is 372 g/mol. The number of hydrogen-bond donors (Lipinski definition) is 0. The zero-order valence-electron chi connectivity index (χ0n) is 16.0. The van der Waals surface area contributed by atoms with Crippen LogP contribution in [0, 0.1) is 6.92 Å². The van der Waals surface area contributed by atoms with Gasteiger partial charge in [0.1, 0.15) is 5.69 Å². The number of benzene rings is 1. The highest BCUT2D eigenvalue weighted by atomic mass is 15.4. The molecular formula is C20H20N8. The van der Waals surface area contributed by atoms with E-state index in [4.69, 9.17) is 4.98 Å². The summed E-state index contributed by atoms with van der Waals surface area (Å²) in [5, 5.41) is 13.1. The van der Waals surface area contributed by atoms with Gasteiger partial charge in [-0.15, -0.1) is 15.3 Å². The normalized spacial score (nSPS) is 16.0. The van der Waals surface area contributed by atoms with Crippen molar-refractivity contribution in [2.45, 2.75) is 39.7 Å². The molecule has 3 aromatic heterocycles. The van der Waals surface area contributed by atoms with Gasteiger partial charge in [0.2, 0.25) is 5.95 Å². The Kier molecular flexibility index (Phi) is 3.78. The minimum atomic E-state index is 0.296. The van der Waals surface area contributed by atoms with Crippen molar-refractivity contribution >= 4 is 17.4 Å². The lowest BCUT2D eigenvalue weighted by molar-refractivity contribution is 0.739. The molecule has 0 fully saturated rings. The van der Waals surface area contributed by atoms with Gasteiger partial charge in [-0.2, -0.15) is 9.50 Å². The second kappa shape index (κ2) is 6.33. The van der Waals surface area contributed by atoms with Crippen molar-refractivity contribution in [1.82, 2.24) is 34.8 Å².